The van der Waals surface area contributed by atoms with Gasteiger partial charge in [-0.1, -0.05) is 5.16 Å². The number of ether oxygens (including phenoxy) is 1. The molecule has 3 heterocycles. The minimum atomic E-state index is -4.98. The molecule has 1 atom stereocenters. The second-order valence-electron chi connectivity index (χ2n) is 8.16. The van der Waals surface area contributed by atoms with E-state index in [0.717, 1.165) is 12.1 Å². The van der Waals surface area contributed by atoms with Crippen molar-refractivity contribution in [2.45, 2.75) is 31.4 Å². The highest BCUT2D eigenvalue weighted by atomic mass is 19.4. The number of carboxylic acids is 1. The standard InChI is InChI=1S/C23H13F5N4O4/c24-18-15-8-12(1-2-16(15)32-4-3-22(25,19(18)32)9-17(33)34)20-30-21(36-31-20)13-5-11(10-29)6-14(7-13)35-23(26,27)28/h1-2,5-8H,3-4,9H2,(H,33,34). The van der Waals surface area contributed by atoms with Crippen molar-refractivity contribution in [2.24, 2.45) is 0 Å². The van der Waals surface area contributed by atoms with Crippen LogP contribution in [0.25, 0.3) is 33.7 Å². The summed E-state index contributed by atoms with van der Waals surface area (Å²) in [5, 5.41) is 22.0. The molecule has 13 heteroatoms. The number of halogens is 5. The molecule has 0 aliphatic carbocycles. The number of rotatable bonds is 5. The summed E-state index contributed by atoms with van der Waals surface area (Å²) in [6.45, 7) is 0.100. The molecule has 5 rings (SSSR count). The SMILES string of the molecule is N#Cc1cc(OC(F)(F)F)cc(-c2nc(-c3ccc4c(c3)c(F)c3n4CCC3(F)CC(=O)O)no2)c1. The van der Waals surface area contributed by atoms with Gasteiger partial charge in [0.05, 0.1) is 29.3 Å². The van der Waals surface area contributed by atoms with E-state index in [-0.39, 0.29) is 52.5 Å². The van der Waals surface area contributed by atoms with E-state index in [4.69, 9.17) is 14.9 Å². The molecule has 2 aromatic carbocycles. The van der Waals surface area contributed by atoms with Gasteiger partial charge in [-0.05, 0) is 36.4 Å². The van der Waals surface area contributed by atoms with Gasteiger partial charge < -0.3 is 18.9 Å². The van der Waals surface area contributed by atoms with Gasteiger partial charge in [-0.3, -0.25) is 4.79 Å². The fourth-order valence-electron chi connectivity index (χ4n) is 4.38. The minimum absolute atomic E-state index is 0.0157. The van der Waals surface area contributed by atoms with Crippen molar-refractivity contribution < 1.29 is 41.1 Å². The van der Waals surface area contributed by atoms with Crippen molar-refractivity contribution in [1.29, 1.82) is 5.26 Å². The zero-order valence-electron chi connectivity index (χ0n) is 17.9. The van der Waals surface area contributed by atoms with E-state index >= 15 is 8.78 Å². The number of hydrogen-bond donors (Lipinski definition) is 1. The zero-order chi connectivity index (χ0) is 25.8. The maximum atomic E-state index is 15.3. The van der Waals surface area contributed by atoms with Crippen LogP contribution in [0.1, 0.15) is 24.1 Å². The molecule has 36 heavy (non-hydrogen) atoms. The molecule has 0 saturated carbocycles. The van der Waals surface area contributed by atoms with Gasteiger partial charge in [0.25, 0.3) is 5.89 Å². The molecule has 2 aromatic heterocycles. The monoisotopic (exact) mass is 504 g/mol. The van der Waals surface area contributed by atoms with Crippen molar-refractivity contribution in [1.82, 2.24) is 14.7 Å². The fourth-order valence-corrected chi connectivity index (χ4v) is 4.38. The molecule has 4 aromatic rings. The molecule has 0 spiro atoms. The second-order valence-corrected chi connectivity index (χ2v) is 8.16. The average Bonchev–Trinajstić information content (AvgIpc) is 3.48. The molecule has 1 aliphatic rings. The number of nitriles is 1. The second kappa shape index (κ2) is 8.04. The Labute approximate surface area is 198 Å². The summed E-state index contributed by atoms with van der Waals surface area (Å²) in [4.78, 5) is 15.2. The van der Waals surface area contributed by atoms with Crippen LogP contribution in [-0.4, -0.2) is 32.1 Å². The van der Waals surface area contributed by atoms with Gasteiger partial charge in [0, 0.05) is 29.5 Å². The summed E-state index contributed by atoms with van der Waals surface area (Å²) in [5.41, 5.74) is -2.23. The van der Waals surface area contributed by atoms with Crippen LogP contribution in [-0.2, 0) is 17.0 Å². The van der Waals surface area contributed by atoms with Crippen LogP contribution in [0.3, 0.4) is 0 Å². The number of alkyl halides is 4. The molecule has 0 bridgehead atoms. The molecular formula is C23H13F5N4O4. The highest BCUT2D eigenvalue weighted by Crippen LogP contribution is 2.45. The third-order valence-corrected chi connectivity index (χ3v) is 5.79. The summed E-state index contributed by atoms with van der Waals surface area (Å²) < 4.78 is 78.8. The van der Waals surface area contributed by atoms with Gasteiger partial charge in [-0.15, -0.1) is 13.2 Å². The molecule has 184 valence electrons. The first-order valence-electron chi connectivity index (χ1n) is 10.4. The van der Waals surface area contributed by atoms with E-state index in [2.05, 4.69) is 14.9 Å². The van der Waals surface area contributed by atoms with Crippen LogP contribution in [0.2, 0.25) is 0 Å². The van der Waals surface area contributed by atoms with E-state index in [1.54, 1.807) is 6.07 Å². The number of aromatic nitrogens is 3. The van der Waals surface area contributed by atoms with E-state index in [1.165, 1.54) is 28.8 Å². The van der Waals surface area contributed by atoms with Gasteiger partial charge in [0.2, 0.25) is 5.82 Å². The zero-order valence-corrected chi connectivity index (χ0v) is 17.9. The Balaban J connectivity index is 1.53. The molecule has 0 radical (unpaired) electrons. The molecular weight excluding hydrogens is 491 g/mol. The maximum Gasteiger partial charge on any atom is 0.573 e. The van der Waals surface area contributed by atoms with Crippen LogP contribution in [0.5, 0.6) is 5.75 Å². The van der Waals surface area contributed by atoms with Crippen molar-refractivity contribution in [2.75, 3.05) is 0 Å². The van der Waals surface area contributed by atoms with E-state index < -0.39 is 36.0 Å². The van der Waals surface area contributed by atoms with Gasteiger partial charge in [-0.25, -0.2) is 8.78 Å². The van der Waals surface area contributed by atoms with Crippen molar-refractivity contribution in [3.05, 3.63) is 53.5 Å². The highest BCUT2D eigenvalue weighted by Gasteiger charge is 2.45. The Bertz CT molecular complexity index is 1570. The number of aryl methyl sites for hydroxylation is 1. The Morgan fingerprint density at radius 2 is 2.03 bits per heavy atom. The third kappa shape index (κ3) is 4.00. The number of nitrogens with zero attached hydrogens (tertiary/aromatic N) is 4. The number of carbonyl (C=O) groups is 1. The van der Waals surface area contributed by atoms with E-state index in [9.17, 15) is 18.0 Å². The number of hydrogen-bond acceptors (Lipinski definition) is 6. The van der Waals surface area contributed by atoms with Crippen LogP contribution in [0.15, 0.2) is 40.9 Å². The van der Waals surface area contributed by atoms with Crippen LogP contribution in [0, 0.1) is 17.1 Å². The van der Waals surface area contributed by atoms with Crippen LogP contribution < -0.4 is 4.74 Å². The Hall–Kier alpha value is -4.47. The Morgan fingerprint density at radius 1 is 1.25 bits per heavy atom. The summed E-state index contributed by atoms with van der Waals surface area (Å²) in [6, 6.07) is 9.17. The smallest absolute Gasteiger partial charge is 0.481 e. The molecule has 0 fully saturated rings. The minimum Gasteiger partial charge on any atom is -0.481 e. The summed E-state index contributed by atoms with van der Waals surface area (Å²) >= 11 is 0. The van der Waals surface area contributed by atoms with Crippen LogP contribution in [0.4, 0.5) is 22.0 Å². The number of benzene rings is 2. The molecule has 1 unspecified atom stereocenters. The van der Waals surface area contributed by atoms with E-state index in [0.29, 0.717) is 5.52 Å². The number of fused-ring (bicyclic) bond motifs is 3. The molecule has 8 nitrogen and oxygen atoms in total. The third-order valence-electron chi connectivity index (χ3n) is 5.79. The van der Waals surface area contributed by atoms with Gasteiger partial charge in [0.15, 0.2) is 11.5 Å². The lowest BCUT2D eigenvalue weighted by Crippen LogP contribution is -2.22. The normalized spacial score (nSPS) is 17.2. The first-order chi connectivity index (χ1) is 17.0. The van der Waals surface area contributed by atoms with Crippen molar-refractivity contribution >= 4 is 16.9 Å². The number of carboxylic acid groups (broad SMARTS) is 1. The molecule has 1 aliphatic heterocycles. The van der Waals surface area contributed by atoms with Crippen molar-refractivity contribution in [3.63, 3.8) is 0 Å². The summed E-state index contributed by atoms with van der Waals surface area (Å²) in [7, 11) is 0. The van der Waals surface area contributed by atoms with Gasteiger partial charge in [-0.2, -0.15) is 10.2 Å². The average molecular weight is 504 g/mol. The Morgan fingerprint density at radius 3 is 2.72 bits per heavy atom. The topological polar surface area (TPSA) is 114 Å². The lowest BCUT2D eigenvalue weighted by Gasteiger charge is -2.16. The van der Waals surface area contributed by atoms with Gasteiger partial charge in [0.1, 0.15) is 5.75 Å². The fraction of sp³-hybridized carbons (Fsp3) is 0.217. The first-order valence-corrected chi connectivity index (χ1v) is 10.4. The van der Waals surface area contributed by atoms with Crippen LogP contribution >= 0.6 is 0 Å². The summed E-state index contributed by atoms with van der Waals surface area (Å²) in [5.74, 6) is -3.21. The Kier molecular flexibility index (Phi) is 5.20. The highest BCUT2D eigenvalue weighted by molar-refractivity contribution is 5.87. The maximum absolute atomic E-state index is 15.3. The quantitative estimate of drug-likeness (QED) is 0.366. The first kappa shape index (κ1) is 23.3. The summed E-state index contributed by atoms with van der Waals surface area (Å²) in [6.07, 6.45) is -6.02. The molecule has 1 N–H and O–H groups in total. The number of aliphatic carboxylic acids is 1. The predicted octanol–water partition coefficient (Wildman–Crippen LogP) is 5.31. The largest absolute Gasteiger partial charge is 0.573 e. The molecule has 0 saturated heterocycles. The predicted molar refractivity (Wildman–Crippen MR) is 112 cm³/mol. The lowest BCUT2D eigenvalue weighted by atomic mass is 9.96. The van der Waals surface area contributed by atoms with Gasteiger partial charge >= 0.3 is 12.3 Å². The van der Waals surface area contributed by atoms with Crippen molar-refractivity contribution in [3.8, 4) is 34.7 Å². The lowest BCUT2D eigenvalue weighted by molar-refractivity contribution is -0.274. The van der Waals surface area contributed by atoms with E-state index in [1.807, 2.05) is 0 Å². The molecule has 0 amide bonds.